The Hall–Kier alpha value is -2.92. The van der Waals surface area contributed by atoms with Gasteiger partial charge in [-0.1, -0.05) is 0 Å². The van der Waals surface area contributed by atoms with Crippen LogP contribution >= 0.6 is 0 Å². The molecule has 1 saturated heterocycles. The van der Waals surface area contributed by atoms with Gasteiger partial charge in [-0.15, -0.1) is 0 Å². The number of piperidine rings is 1. The number of likely N-dealkylation sites (tertiary alicyclic amines) is 1. The van der Waals surface area contributed by atoms with Gasteiger partial charge in [0.15, 0.2) is 5.78 Å². The fourth-order valence-electron chi connectivity index (χ4n) is 3.81. The number of ketones is 1. The van der Waals surface area contributed by atoms with Gasteiger partial charge < -0.3 is 0 Å². The van der Waals surface area contributed by atoms with E-state index in [4.69, 9.17) is 0 Å². The zero-order valence-corrected chi connectivity index (χ0v) is 16.0. The molecule has 3 aromatic rings. The topological polar surface area (TPSA) is 33.2 Å². The monoisotopic (exact) mass is 392 g/mol. The number of halogens is 2. The highest BCUT2D eigenvalue weighted by Gasteiger charge is 2.25. The molecule has 0 atom stereocenters. The molecule has 0 spiro atoms. The molecule has 1 fully saturated rings. The smallest absolute Gasteiger partial charge is 0.166 e. The molecule has 3 nitrogen and oxygen atoms in total. The standard InChI is InChI=1S/C24H22F2N2O/c25-21-5-1-18(2-6-21)23-15-17(9-12-27-23)16-28-13-10-20(11-14-28)24(29)19-3-7-22(26)8-4-19/h1-9,12,15,20H,10-11,13-14,16H2. The van der Waals surface area contributed by atoms with Gasteiger partial charge in [-0.3, -0.25) is 14.7 Å². The van der Waals surface area contributed by atoms with Crippen molar-refractivity contribution in [2.75, 3.05) is 13.1 Å². The van der Waals surface area contributed by atoms with E-state index in [1.165, 1.54) is 24.3 Å². The summed E-state index contributed by atoms with van der Waals surface area (Å²) in [6, 6.07) is 16.2. The average molecular weight is 392 g/mol. The number of carbonyl (C=O) groups excluding carboxylic acids is 1. The molecule has 0 unspecified atom stereocenters. The number of pyridine rings is 1. The maximum absolute atomic E-state index is 13.1. The first-order chi connectivity index (χ1) is 14.1. The van der Waals surface area contributed by atoms with Crippen molar-refractivity contribution in [3.8, 4) is 11.3 Å². The molecule has 2 aromatic carbocycles. The summed E-state index contributed by atoms with van der Waals surface area (Å²) in [5, 5.41) is 0. The predicted octanol–water partition coefficient (Wildman–Crippen LogP) is 5.12. The summed E-state index contributed by atoms with van der Waals surface area (Å²) in [5.74, 6) is -0.493. The van der Waals surface area contributed by atoms with Crippen LogP contribution in [-0.2, 0) is 6.54 Å². The molecule has 1 aliphatic heterocycles. The third-order valence-electron chi connectivity index (χ3n) is 5.46. The van der Waals surface area contributed by atoms with E-state index >= 15 is 0 Å². The minimum atomic E-state index is -0.325. The molecular formula is C24H22F2N2O. The number of nitrogens with zero attached hydrogens (tertiary/aromatic N) is 2. The van der Waals surface area contributed by atoms with E-state index in [0.717, 1.165) is 49.3 Å². The number of carbonyl (C=O) groups is 1. The molecular weight excluding hydrogens is 370 g/mol. The van der Waals surface area contributed by atoms with Gasteiger partial charge in [0, 0.05) is 29.8 Å². The minimum absolute atomic E-state index is 0.0103. The van der Waals surface area contributed by atoms with Gasteiger partial charge in [0.2, 0.25) is 0 Å². The molecule has 29 heavy (non-hydrogen) atoms. The summed E-state index contributed by atoms with van der Waals surface area (Å²) in [5.41, 5.74) is 3.44. The lowest BCUT2D eigenvalue weighted by atomic mass is 9.88. The Morgan fingerprint density at radius 2 is 1.55 bits per heavy atom. The zero-order chi connectivity index (χ0) is 20.2. The fraction of sp³-hybridized carbons (Fsp3) is 0.250. The summed E-state index contributed by atoms with van der Waals surface area (Å²) in [6.07, 6.45) is 3.37. The van der Waals surface area contributed by atoms with Crippen LogP contribution in [0.2, 0.25) is 0 Å². The Bertz CT molecular complexity index is 979. The second kappa shape index (κ2) is 8.62. The van der Waals surface area contributed by atoms with Crippen molar-refractivity contribution < 1.29 is 13.6 Å². The zero-order valence-electron chi connectivity index (χ0n) is 16.0. The van der Waals surface area contributed by atoms with Crippen molar-refractivity contribution in [2.45, 2.75) is 19.4 Å². The molecule has 4 rings (SSSR count). The summed E-state index contributed by atoms with van der Waals surface area (Å²) < 4.78 is 26.2. The predicted molar refractivity (Wildman–Crippen MR) is 108 cm³/mol. The van der Waals surface area contributed by atoms with Gasteiger partial charge in [0.05, 0.1) is 5.69 Å². The molecule has 0 radical (unpaired) electrons. The lowest BCUT2D eigenvalue weighted by Gasteiger charge is -2.31. The van der Waals surface area contributed by atoms with E-state index in [9.17, 15) is 13.6 Å². The lowest BCUT2D eigenvalue weighted by molar-refractivity contribution is 0.0835. The SMILES string of the molecule is O=C(c1ccc(F)cc1)C1CCN(Cc2ccnc(-c3ccc(F)cc3)c2)CC1. The van der Waals surface area contributed by atoms with Crippen molar-refractivity contribution in [3.63, 3.8) is 0 Å². The van der Waals surface area contributed by atoms with Gasteiger partial charge in [-0.05, 0) is 92.2 Å². The van der Waals surface area contributed by atoms with Crippen molar-refractivity contribution in [3.05, 3.63) is 89.6 Å². The number of rotatable bonds is 5. The molecule has 0 bridgehead atoms. The third kappa shape index (κ3) is 4.74. The molecule has 1 aromatic heterocycles. The van der Waals surface area contributed by atoms with Crippen LogP contribution in [0.25, 0.3) is 11.3 Å². The van der Waals surface area contributed by atoms with E-state index in [1.807, 2.05) is 12.1 Å². The number of Topliss-reactive ketones (excluding diaryl/α,β-unsaturated/α-hetero) is 1. The molecule has 0 aliphatic carbocycles. The first kappa shape index (κ1) is 19.4. The van der Waals surface area contributed by atoms with Gasteiger partial charge in [-0.25, -0.2) is 8.78 Å². The Kier molecular flexibility index (Phi) is 5.76. The minimum Gasteiger partial charge on any atom is -0.299 e. The van der Waals surface area contributed by atoms with Crippen LogP contribution in [0, 0.1) is 17.6 Å². The van der Waals surface area contributed by atoms with Crippen molar-refractivity contribution in [1.82, 2.24) is 9.88 Å². The van der Waals surface area contributed by atoms with Crippen LogP contribution in [0.5, 0.6) is 0 Å². The van der Waals surface area contributed by atoms with Crippen LogP contribution < -0.4 is 0 Å². The number of hydrogen-bond donors (Lipinski definition) is 0. The van der Waals surface area contributed by atoms with Crippen molar-refractivity contribution in [2.24, 2.45) is 5.92 Å². The van der Waals surface area contributed by atoms with Crippen LogP contribution in [0.1, 0.15) is 28.8 Å². The highest BCUT2D eigenvalue weighted by atomic mass is 19.1. The second-order valence-corrected chi connectivity index (χ2v) is 7.48. The summed E-state index contributed by atoms with van der Waals surface area (Å²) in [4.78, 5) is 19.4. The van der Waals surface area contributed by atoms with Gasteiger partial charge in [0.25, 0.3) is 0 Å². The normalized spacial score (nSPS) is 15.4. The first-order valence-electron chi connectivity index (χ1n) is 9.81. The molecule has 2 heterocycles. The van der Waals surface area contributed by atoms with Crippen LogP contribution in [0.3, 0.4) is 0 Å². The fourth-order valence-corrected chi connectivity index (χ4v) is 3.81. The Labute approximate surface area is 169 Å². The highest BCUT2D eigenvalue weighted by molar-refractivity contribution is 5.97. The van der Waals surface area contributed by atoms with E-state index in [1.54, 1.807) is 30.5 Å². The molecule has 1 aliphatic rings. The lowest BCUT2D eigenvalue weighted by Crippen LogP contribution is -2.36. The van der Waals surface area contributed by atoms with E-state index in [-0.39, 0.29) is 23.3 Å². The quantitative estimate of drug-likeness (QED) is 0.565. The summed E-state index contributed by atoms with van der Waals surface area (Å²) in [7, 11) is 0. The summed E-state index contributed by atoms with van der Waals surface area (Å²) in [6.45, 7) is 2.46. The Morgan fingerprint density at radius 1 is 0.931 bits per heavy atom. The maximum atomic E-state index is 13.1. The van der Waals surface area contributed by atoms with Gasteiger partial charge >= 0.3 is 0 Å². The molecule has 148 valence electrons. The van der Waals surface area contributed by atoms with Gasteiger partial charge in [-0.2, -0.15) is 0 Å². The Balaban J connectivity index is 1.36. The Morgan fingerprint density at radius 3 is 2.21 bits per heavy atom. The van der Waals surface area contributed by atoms with Crippen LogP contribution in [0.4, 0.5) is 8.78 Å². The van der Waals surface area contributed by atoms with E-state index in [2.05, 4.69) is 9.88 Å². The second-order valence-electron chi connectivity index (χ2n) is 7.48. The molecule has 5 heteroatoms. The van der Waals surface area contributed by atoms with Crippen LogP contribution in [0.15, 0.2) is 66.9 Å². The van der Waals surface area contributed by atoms with Crippen LogP contribution in [-0.4, -0.2) is 28.8 Å². The van der Waals surface area contributed by atoms with Crippen molar-refractivity contribution in [1.29, 1.82) is 0 Å². The summed E-state index contributed by atoms with van der Waals surface area (Å²) >= 11 is 0. The first-order valence-corrected chi connectivity index (χ1v) is 9.81. The highest BCUT2D eigenvalue weighted by Crippen LogP contribution is 2.24. The average Bonchev–Trinajstić information content (AvgIpc) is 2.75. The van der Waals surface area contributed by atoms with E-state index < -0.39 is 0 Å². The molecule has 0 amide bonds. The maximum Gasteiger partial charge on any atom is 0.166 e. The third-order valence-corrected chi connectivity index (χ3v) is 5.46. The number of hydrogen-bond acceptors (Lipinski definition) is 3. The van der Waals surface area contributed by atoms with Crippen molar-refractivity contribution >= 4 is 5.78 Å². The largest absolute Gasteiger partial charge is 0.299 e. The molecule has 0 N–H and O–H groups in total. The number of aromatic nitrogens is 1. The van der Waals surface area contributed by atoms with Gasteiger partial charge in [0.1, 0.15) is 11.6 Å². The molecule has 0 saturated carbocycles. The number of benzene rings is 2. The van der Waals surface area contributed by atoms with E-state index in [0.29, 0.717) is 5.56 Å².